The van der Waals surface area contributed by atoms with Gasteiger partial charge in [0.05, 0.1) is 18.2 Å². The Labute approximate surface area is 94.1 Å². The molecule has 1 heterocycles. The minimum absolute atomic E-state index is 0.337. The molecule has 0 spiro atoms. The van der Waals surface area contributed by atoms with E-state index in [0.29, 0.717) is 28.3 Å². The molecule has 1 aliphatic heterocycles. The lowest BCUT2D eigenvalue weighted by Gasteiger charge is -2.11. The van der Waals surface area contributed by atoms with E-state index >= 15 is 0 Å². The van der Waals surface area contributed by atoms with Gasteiger partial charge in [-0.1, -0.05) is 11.6 Å². The van der Waals surface area contributed by atoms with Gasteiger partial charge in [-0.15, -0.1) is 0 Å². The molecule has 1 saturated heterocycles. The highest BCUT2D eigenvalue weighted by Gasteiger charge is 2.22. The number of benzene rings is 1. The Morgan fingerprint density at radius 1 is 1.36 bits per heavy atom. The molecule has 1 aliphatic rings. The highest BCUT2D eigenvalue weighted by molar-refractivity contribution is 9.10. The van der Waals surface area contributed by atoms with Crippen molar-refractivity contribution in [2.24, 2.45) is 0 Å². The highest BCUT2D eigenvalue weighted by atomic mass is 79.9. The van der Waals surface area contributed by atoms with Gasteiger partial charge in [0.25, 0.3) is 0 Å². The first-order valence-corrected chi connectivity index (χ1v) is 5.23. The van der Waals surface area contributed by atoms with Crippen LogP contribution in [0, 0.1) is 5.82 Å². The van der Waals surface area contributed by atoms with Gasteiger partial charge in [0.15, 0.2) is 6.29 Å². The van der Waals surface area contributed by atoms with Crippen LogP contribution in [0.4, 0.5) is 4.39 Å². The van der Waals surface area contributed by atoms with Crippen molar-refractivity contribution >= 4 is 27.5 Å². The molecule has 0 saturated carbocycles. The molecule has 0 N–H and O–H groups in total. The standard InChI is InChI=1S/C9H7BrClFO2/c10-6-3-5(8(12)4-7(6)11)9-13-1-2-14-9/h3-4,9H,1-2H2. The van der Waals surface area contributed by atoms with E-state index in [1.165, 1.54) is 6.07 Å². The molecular weight excluding hydrogens is 274 g/mol. The third-order valence-corrected chi connectivity index (χ3v) is 3.11. The average molecular weight is 282 g/mol. The number of hydrogen-bond donors (Lipinski definition) is 0. The fraction of sp³-hybridized carbons (Fsp3) is 0.333. The maximum atomic E-state index is 13.4. The summed E-state index contributed by atoms with van der Waals surface area (Å²) in [6.07, 6.45) is -0.608. The van der Waals surface area contributed by atoms with E-state index in [1.54, 1.807) is 6.07 Å². The molecule has 14 heavy (non-hydrogen) atoms. The van der Waals surface area contributed by atoms with E-state index in [2.05, 4.69) is 15.9 Å². The molecule has 2 rings (SSSR count). The fourth-order valence-corrected chi connectivity index (χ4v) is 1.77. The van der Waals surface area contributed by atoms with Crippen LogP contribution in [0.2, 0.25) is 5.02 Å². The summed E-state index contributed by atoms with van der Waals surface area (Å²) in [5.41, 5.74) is 0.374. The average Bonchev–Trinajstić information content (AvgIpc) is 2.64. The Kier molecular flexibility index (Phi) is 3.07. The van der Waals surface area contributed by atoms with Crippen LogP contribution in [0.3, 0.4) is 0 Å². The Balaban J connectivity index is 2.37. The van der Waals surface area contributed by atoms with Crippen LogP contribution in [0.5, 0.6) is 0 Å². The smallest absolute Gasteiger partial charge is 0.186 e. The van der Waals surface area contributed by atoms with Gasteiger partial charge in [-0.2, -0.15) is 0 Å². The first kappa shape index (κ1) is 10.4. The monoisotopic (exact) mass is 280 g/mol. The normalized spacial score (nSPS) is 17.6. The maximum Gasteiger partial charge on any atom is 0.186 e. The van der Waals surface area contributed by atoms with Crippen LogP contribution in [-0.2, 0) is 9.47 Å². The Morgan fingerprint density at radius 3 is 2.64 bits per heavy atom. The highest BCUT2D eigenvalue weighted by Crippen LogP contribution is 2.32. The largest absolute Gasteiger partial charge is 0.346 e. The molecule has 0 unspecified atom stereocenters. The van der Waals surface area contributed by atoms with Crippen molar-refractivity contribution < 1.29 is 13.9 Å². The van der Waals surface area contributed by atoms with Crippen LogP contribution in [0.25, 0.3) is 0 Å². The summed E-state index contributed by atoms with van der Waals surface area (Å²) in [6.45, 7) is 0.981. The molecule has 0 atom stereocenters. The van der Waals surface area contributed by atoms with Gasteiger partial charge < -0.3 is 9.47 Å². The van der Waals surface area contributed by atoms with E-state index in [-0.39, 0.29) is 0 Å². The van der Waals surface area contributed by atoms with Gasteiger partial charge in [-0.05, 0) is 28.1 Å². The summed E-state index contributed by atoms with van der Waals surface area (Å²) >= 11 is 8.94. The summed E-state index contributed by atoms with van der Waals surface area (Å²) in [6, 6.07) is 2.82. The number of halogens is 3. The van der Waals surface area contributed by atoms with E-state index in [1.807, 2.05) is 0 Å². The molecule has 5 heteroatoms. The Bertz CT molecular complexity index is 353. The first-order chi connectivity index (χ1) is 6.68. The lowest BCUT2D eigenvalue weighted by atomic mass is 10.2. The second-order valence-corrected chi connectivity index (χ2v) is 4.12. The van der Waals surface area contributed by atoms with Crippen molar-refractivity contribution in [3.05, 3.63) is 33.0 Å². The van der Waals surface area contributed by atoms with Gasteiger partial charge in [0, 0.05) is 10.0 Å². The maximum absolute atomic E-state index is 13.4. The Morgan fingerprint density at radius 2 is 2.00 bits per heavy atom. The van der Waals surface area contributed by atoms with Crippen molar-refractivity contribution in [3.63, 3.8) is 0 Å². The summed E-state index contributed by atoms with van der Waals surface area (Å²) in [7, 11) is 0. The third kappa shape index (κ3) is 1.93. The summed E-state index contributed by atoms with van der Waals surface area (Å²) in [5.74, 6) is -0.412. The molecule has 2 nitrogen and oxygen atoms in total. The zero-order chi connectivity index (χ0) is 10.1. The zero-order valence-electron chi connectivity index (χ0n) is 7.10. The van der Waals surface area contributed by atoms with Crippen LogP contribution in [0.1, 0.15) is 11.9 Å². The first-order valence-electron chi connectivity index (χ1n) is 4.06. The van der Waals surface area contributed by atoms with E-state index < -0.39 is 12.1 Å². The topological polar surface area (TPSA) is 18.5 Å². The van der Waals surface area contributed by atoms with Crippen molar-refractivity contribution in [1.29, 1.82) is 0 Å². The zero-order valence-corrected chi connectivity index (χ0v) is 9.44. The quantitative estimate of drug-likeness (QED) is 0.736. The number of rotatable bonds is 1. The van der Waals surface area contributed by atoms with Gasteiger partial charge in [-0.25, -0.2) is 4.39 Å². The van der Waals surface area contributed by atoms with Gasteiger partial charge in [0.2, 0.25) is 0 Å². The summed E-state index contributed by atoms with van der Waals surface area (Å²) < 4.78 is 24.4. The molecule has 0 radical (unpaired) electrons. The summed E-state index contributed by atoms with van der Waals surface area (Å²) in [4.78, 5) is 0. The Hall–Kier alpha value is -0.160. The second kappa shape index (κ2) is 4.14. The SMILES string of the molecule is Fc1cc(Cl)c(Br)cc1C1OCCO1. The van der Waals surface area contributed by atoms with Gasteiger partial charge in [-0.3, -0.25) is 0 Å². The molecule has 0 bridgehead atoms. The minimum atomic E-state index is -0.608. The molecule has 0 aliphatic carbocycles. The molecule has 1 aromatic carbocycles. The van der Waals surface area contributed by atoms with Crippen LogP contribution >= 0.6 is 27.5 Å². The fourth-order valence-electron chi connectivity index (χ4n) is 1.26. The molecule has 76 valence electrons. The van der Waals surface area contributed by atoms with E-state index in [4.69, 9.17) is 21.1 Å². The molecule has 0 amide bonds. The van der Waals surface area contributed by atoms with Gasteiger partial charge in [0.1, 0.15) is 5.82 Å². The summed E-state index contributed by atoms with van der Waals surface area (Å²) in [5, 5.41) is 0.337. The van der Waals surface area contributed by atoms with Crippen LogP contribution in [-0.4, -0.2) is 13.2 Å². The third-order valence-electron chi connectivity index (χ3n) is 1.92. The van der Waals surface area contributed by atoms with E-state index in [9.17, 15) is 4.39 Å². The van der Waals surface area contributed by atoms with Crippen LogP contribution < -0.4 is 0 Å². The number of hydrogen-bond acceptors (Lipinski definition) is 2. The molecule has 1 aromatic rings. The predicted octanol–water partition coefficient (Wildman–Crippen LogP) is 3.29. The minimum Gasteiger partial charge on any atom is -0.346 e. The second-order valence-electron chi connectivity index (χ2n) is 2.86. The lowest BCUT2D eigenvalue weighted by molar-refractivity contribution is -0.0465. The van der Waals surface area contributed by atoms with Crippen LogP contribution in [0.15, 0.2) is 16.6 Å². The van der Waals surface area contributed by atoms with Crippen molar-refractivity contribution in [3.8, 4) is 0 Å². The molecule has 1 fully saturated rings. The lowest BCUT2D eigenvalue weighted by Crippen LogP contribution is -2.01. The van der Waals surface area contributed by atoms with Gasteiger partial charge >= 0.3 is 0 Å². The van der Waals surface area contributed by atoms with E-state index in [0.717, 1.165) is 0 Å². The van der Waals surface area contributed by atoms with Crippen molar-refractivity contribution in [1.82, 2.24) is 0 Å². The van der Waals surface area contributed by atoms with Crippen molar-refractivity contribution in [2.75, 3.05) is 13.2 Å². The predicted molar refractivity (Wildman–Crippen MR) is 53.8 cm³/mol. The molecular formula is C9H7BrClFO2. The number of ether oxygens (including phenoxy) is 2. The van der Waals surface area contributed by atoms with Crippen molar-refractivity contribution in [2.45, 2.75) is 6.29 Å². The molecule has 0 aromatic heterocycles.